The second-order valence-electron chi connectivity index (χ2n) is 32.3. The number of nitrogen functional groups attached to an aromatic ring is 4. The zero-order valence-electron chi connectivity index (χ0n) is 80.8. The summed E-state index contributed by atoms with van der Waals surface area (Å²) >= 11 is 0. The SMILES string of the molecule is CCCC(=O)O[C@@H]1[C@@H](OC(=O)CCC)[C@@H](Oc2ccc(N)cc2C(=O)O)OC[C@@H]1OC(=O)CCC.CCCC(=O)O[C@@H]1[C@@H](OC(=O)CCC)[C@@H](Oc2ccc(N)cc2C(=O)O)OC[C@H]1OC(=O)CCC.CCCC(=O)O[C@@H]1[C@@H](OC(=O)CCC)[C@H](Oc2ccc(N)cc2C(=O)O)OC[C@H]1OC(=O)CCC.CCCC(=O)O[C@H]1[C@@H](Oc2ccc(N)cc2C(=O)O)OC[C@@H](OC(=O)CCC)[C@H]1OC(=O)CCC. The zero-order valence-corrected chi connectivity index (χ0v) is 80.8. The molecule has 0 aromatic heterocycles. The van der Waals surface area contributed by atoms with Crippen molar-refractivity contribution in [2.45, 2.75) is 336 Å². The van der Waals surface area contributed by atoms with Crippen molar-refractivity contribution in [2.24, 2.45) is 0 Å². The van der Waals surface area contributed by atoms with Gasteiger partial charge in [0.15, 0.2) is 48.8 Å². The monoisotopic (exact) mass is 1980 g/mol. The standard InChI is InChI=1S/4C24H33NO10/c4*1-4-7-18(26)32-17-13-31-24(33-16-11-10-14(25)12-15(16)23(29)30)22(35-20(28)9-6-3)21(17)34-19(27)8-5-2/h4*10-12,17,21-22,24H,4-9,13,25H2,1-3H3,(H,29,30)/t17-,21+,22-,24+;17-,21+,22-,24-;17-,21-,22+,24+;17-,21-,22-,24-/m1101/s1. The molecule has 0 amide bonds. The fourth-order valence-electron chi connectivity index (χ4n) is 13.7. The van der Waals surface area contributed by atoms with Crippen molar-refractivity contribution in [3.8, 4) is 23.0 Å². The summed E-state index contributed by atoms with van der Waals surface area (Å²) in [5.74, 6) is -12.4. The molecule has 0 unspecified atom stereocenters. The van der Waals surface area contributed by atoms with E-state index in [0.29, 0.717) is 77.0 Å². The highest BCUT2D eigenvalue weighted by atomic mass is 16.8. The molecule has 4 fully saturated rings. The van der Waals surface area contributed by atoms with Crippen LogP contribution in [0.3, 0.4) is 0 Å². The van der Waals surface area contributed by atoms with Gasteiger partial charge in [-0.05, 0) is 150 Å². The minimum Gasteiger partial charge on any atom is -0.478 e. The molecule has 4 saturated heterocycles. The maximum absolute atomic E-state index is 12.4. The first-order valence-electron chi connectivity index (χ1n) is 46.8. The molecule has 44 heteroatoms. The van der Waals surface area contributed by atoms with Crippen LogP contribution in [0.15, 0.2) is 72.8 Å². The summed E-state index contributed by atoms with van der Waals surface area (Å²) in [6.07, 6.45) is -12.4. The number of esters is 12. The number of benzene rings is 4. The van der Waals surface area contributed by atoms with Gasteiger partial charge >= 0.3 is 95.5 Å². The number of aromatic carboxylic acids is 4. The number of anilines is 4. The van der Waals surface area contributed by atoms with Gasteiger partial charge in [-0.1, -0.05) is 83.1 Å². The number of carboxylic acids is 4. The minimum absolute atomic E-state index is 0.0708. The zero-order chi connectivity index (χ0) is 104. The van der Waals surface area contributed by atoms with Crippen LogP contribution in [0.4, 0.5) is 22.7 Å². The van der Waals surface area contributed by atoms with Crippen molar-refractivity contribution in [3.63, 3.8) is 0 Å². The summed E-state index contributed by atoms with van der Waals surface area (Å²) in [5.41, 5.74) is 22.7. The predicted molar refractivity (Wildman–Crippen MR) is 490 cm³/mol. The molecule has 8 rings (SSSR count). The molecule has 0 aliphatic carbocycles. The third-order valence-electron chi connectivity index (χ3n) is 20.2. The number of carbonyl (C=O) groups excluding carboxylic acids is 12. The molecule has 16 atom stereocenters. The molecule has 44 nitrogen and oxygen atoms in total. The molecule has 4 aromatic carbocycles. The average Bonchev–Trinajstić information content (AvgIpc) is 0.803. The largest absolute Gasteiger partial charge is 0.478 e. The summed E-state index contributed by atoms with van der Waals surface area (Å²) < 4.78 is 113. The highest BCUT2D eigenvalue weighted by Crippen LogP contribution is 2.37. The quantitative estimate of drug-likeness (QED) is 0.0116. The van der Waals surface area contributed by atoms with E-state index in [1.807, 2.05) is 27.7 Å². The van der Waals surface area contributed by atoms with Gasteiger partial charge in [0.1, 0.15) is 45.3 Å². The molecular weight excluding hydrogens is 1850 g/mol. The van der Waals surface area contributed by atoms with Crippen LogP contribution < -0.4 is 41.9 Å². The lowest BCUT2D eigenvalue weighted by Gasteiger charge is -2.40. The average molecular weight is 1980 g/mol. The van der Waals surface area contributed by atoms with Crippen LogP contribution in [0.5, 0.6) is 23.0 Å². The number of rotatable bonds is 48. The Morgan fingerprint density at radius 2 is 0.364 bits per heavy atom. The first-order chi connectivity index (χ1) is 66.8. The van der Waals surface area contributed by atoms with Crippen molar-refractivity contribution in [1.82, 2.24) is 0 Å². The van der Waals surface area contributed by atoms with Crippen molar-refractivity contribution in [2.75, 3.05) is 49.4 Å². The molecule has 0 spiro atoms. The van der Waals surface area contributed by atoms with Crippen molar-refractivity contribution < 1.29 is 192 Å². The van der Waals surface area contributed by atoms with Crippen molar-refractivity contribution >= 4 is 118 Å². The van der Waals surface area contributed by atoms with Gasteiger partial charge in [0.2, 0.25) is 49.6 Å². The number of carbonyl (C=O) groups is 16. The lowest BCUT2D eigenvalue weighted by molar-refractivity contribution is -0.261. The molecule has 4 aliphatic heterocycles. The van der Waals surface area contributed by atoms with E-state index in [0.717, 1.165) is 0 Å². The van der Waals surface area contributed by atoms with Gasteiger partial charge in [-0.2, -0.15) is 0 Å². The van der Waals surface area contributed by atoms with Crippen LogP contribution in [0.25, 0.3) is 0 Å². The number of hydrogen-bond donors (Lipinski definition) is 8. The van der Waals surface area contributed by atoms with Gasteiger partial charge in [0, 0.05) is 99.8 Å². The molecule has 0 saturated carbocycles. The van der Waals surface area contributed by atoms with Crippen molar-refractivity contribution in [3.05, 3.63) is 95.1 Å². The lowest BCUT2D eigenvalue weighted by Crippen LogP contribution is -2.59. The molecule has 4 aliphatic rings. The number of ether oxygens (including phenoxy) is 20. The van der Waals surface area contributed by atoms with Gasteiger partial charge in [0.05, 0.1) is 26.4 Å². The maximum Gasteiger partial charge on any atom is 0.339 e. The fourth-order valence-corrected chi connectivity index (χ4v) is 13.7. The van der Waals surface area contributed by atoms with Crippen LogP contribution in [0.2, 0.25) is 0 Å². The smallest absolute Gasteiger partial charge is 0.339 e. The Morgan fingerprint density at radius 3 is 0.500 bits per heavy atom. The van der Waals surface area contributed by atoms with Crippen molar-refractivity contribution in [1.29, 1.82) is 0 Å². The second-order valence-corrected chi connectivity index (χ2v) is 32.3. The second kappa shape index (κ2) is 61.2. The fraction of sp³-hybridized carbons (Fsp3) is 0.583. The van der Waals surface area contributed by atoms with E-state index < -0.39 is 194 Å². The topological polar surface area (TPSA) is 643 Å². The number of hydrogen-bond acceptors (Lipinski definition) is 40. The van der Waals surface area contributed by atoms with Crippen LogP contribution in [-0.4, -0.2) is 241 Å². The highest BCUT2D eigenvalue weighted by molar-refractivity contribution is 5.94. The number of nitrogens with two attached hydrogens (primary N) is 4. The Morgan fingerprint density at radius 1 is 0.229 bits per heavy atom. The summed E-state index contributed by atoms with van der Waals surface area (Å²) in [5, 5.41) is 38.1. The maximum atomic E-state index is 12.4. The first kappa shape index (κ1) is 117. The normalized spacial score (nSPS) is 21.6. The molecule has 4 aromatic rings. The van der Waals surface area contributed by atoms with Gasteiger partial charge < -0.3 is 138 Å². The molecular formula is C96H132N4O40. The first-order valence-corrected chi connectivity index (χ1v) is 46.8. The van der Waals surface area contributed by atoms with Crippen LogP contribution in [0.1, 0.15) is 279 Å². The van der Waals surface area contributed by atoms with E-state index in [1.54, 1.807) is 55.4 Å². The van der Waals surface area contributed by atoms with Gasteiger partial charge in [-0.3, -0.25) is 57.5 Å². The van der Waals surface area contributed by atoms with E-state index in [9.17, 15) is 97.1 Å². The predicted octanol–water partition coefficient (Wildman–Crippen LogP) is 11.4. The molecule has 12 N–H and O–H groups in total. The Hall–Kier alpha value is -13.4. The van der Waals surface area contributed by atoms with Gasteiger partial charge in [-0.15, -0.1) is 0 Å². The van der Waals surface area contributed by atoms with E-state index >= 15 is 0 Å². The van der Waals surface area contributed by atoms with E-state index in [2.05, 4.69) is 0 Å². The summed E-state index contributed by atoms with van der Waals surface area (Å²) in [6.45, 7) is 20.6. The van der Waals surface area contributed by atoms with E-state index in [4.69, 9.17) is 118 Å². The molecule has 0 bridgehead atoms. The molecule has 4 heterocycles. The third kappa shape index (κ3) is 38.4. The van der Waals surface area contributed by atoms with Crippen LogP contribution >= 0.6 is 0 Å². The van der Waals surface area contributed by atoms with E-state index in [1.165, 1.54) is 72.8 Å². The minimum atomic E-state index is -1.35. The molecule has 140 heavy (non-hydrogen) atoms. The lowest BCUT2D eigenvalue weighted by atomic mass is 10.0. The summed E-state index contributed by atoms with van der Waals surface area (Å²) in [7, 11) is 0. The van der Waals surface area contributed by atoms with Gasteiger partial charge in [0.25, 0.3) is 0 Å². The summed E-state index contributed by atoms with van der Waals surface area (Å²) in [6, 6.07) is 16.0. The van der Waals surface area contributed by atoms with Crippen LogP contribution in [0, 0.1) is 0 Å². The molecule has 776 valence electrons. The molecule has 0 radical (unpaired) electrons. The van der Waals surface area contributed by atoms with Crippen LogP contribution in [-0.2, 0) is 133 Å². The Balaban J connectivity index is 0.000000329. The highest BCUT2D eigenvalue weighted by Gasteiger charge is 2.54. The van der Waals surface area contributed by atoms with E-state index in [-0.39, 0.29) is 171 Å². The Kier molecular flexibility index (Phi) is 51.2. The van der Waals surface area contributed by atoms with Gasteiger partial charge in [-0.25, -0.2) is 19.2 Å². The number of carboxylic acid groups (broad SMARTS) is 4. The summed E-state index contributed by atoms with van der Waals surface area (Å²) in [4.78, 5) is 195. The third-order valence-corrected chi connectivity index (χ3v) is 20.2. The Bertz CT molecular complexity index is 4190. The Labute approximate surface area is 809 Å².